The fourth-order valence-corrected chi connectivity index (χ4v) is 1.29. The van der Waals surface area contributed by atoms with Crippen LogP contribution in [0.4, 0.5) is 0 Å². The van der Waals surface area contributed by atoms with Crippen LogP contribution in [0, 0.1) is 6.92 Å². The number of hydrogen-bond acceptors (Lipinski definition) is 3. The molecule has 0 aliphatic carbocycles. The van der Waals surface area contributed by atoms with Crippen LogP contribution in [0.25, 0.3) is 0 Å². The van der Waals surface area contributed by atoms with E-state index >= 15 is 0 Å². The van der Waals surface area contributed by atoms with Crippen LogP contribution in [0.5, 0.6) is 0 Å². The van der Waals surface area contributed by atoms with Crippen LogP contribution in [0.15, 0.2) is 34.6 Å². The van der Waals surface area contributed by atoms with Gasteiger partial charge in [-0.2, -0.15) is 5.11 Å². The van der Waals surface area contributed by atoms with Crippen LogP contribution >= 0.6 is 0 Å². The summed E-state index contributed by atoms with van der Waals surface area (Å²) in [5.74, 6) is -0.0365. The summed E-state index contributed by atoms with van der Waals surface area (Å²) in [5.41, 5.74) is 2.29. The van der Waals surface area contributed by atoms with Crippen LogP contribution in [0.2, 0.25) is 0 Å². The molecule has 1 aliphatic rings. The molecule has 0 aromatic heterocycles. The zero-order chi connectivity index (χ0) is 9.97. The van der Waals surface area contributed by atoms with E-state index in [1.54, 1.807) is 0 Å². The third-order valence-electron chi connectivity index (χ3n) is 2.12. The summed E-state index contributed by atoms with van der Waals surface area (Å²) in [6.07, 6.45) is 0. The van der Waals surface area contributed by atoms with Gasteiger partial charge in [0.1, 0.15) is 6.54 Å². The molecule has 2 rings (SSSR count). The summed E-state index contributed by atoms with van der Waals surface area (Å²) in [4.78, 5) is 11.2. The van der Waals surface area contributed by atoms with E-state index in [-0.39, 0.29) is 12.5 Å². The summed E-state index contributed by atoms with van der Waals surface area (Å²) in [7, 11) is 0. The van der Waals surface area contributed by atoms with Gasteiger partial charge in [0.05, 0.1) is 6.54 Å². The number of benzene rings is 1. The predicted molar refractivity (Wildman–Crippen MR) is 51.5 cm³/mol. The molecule has 0 saturated carbocycles. The van der Waals surface area contributed by atoms with Crippen molar-refractivity contribution in [3.63, 3.8) is 0 Å². The van der Waals surface area contributed by atoms with Gasteiger partial charge >= 0.3 is 0 Å². The molecular formula is C10H11N3O. The van der Waals surface area contributed by atoms with Gasteiger partial charge in [-0.25, -0.2) is 5.01 Å². The third-order valence-corrected chi connectivity index (χ3v) is 2.12. The summed E-state index contributed by atoms with van der Waals surface area (Å²) in [5, 5.41) is 8.80. The molecule has 4 heteroatoms. The van der Waals surface area contributed by atoms with Crippen molar-refractivity contribution in [1.82, 2.24) is 5.01 Å². The first-order valence-electron chi connectivity index (χ1n) is 4.49. The molecule has 1 heterocycles. The quantitative estimate of drug-likeness (QED) is 0.698. The van der Waals surface area contributed by atoms with Crippen LogP contribution < -0.4 is 0 Å². The molecule has 14 heavy (non-hydrogen) atoms. The Morgan fingerprint density at radius 3 is 2.64 bits per heavy atom. The van der Waals surface area contributed by atoms with Crippen molar-refractivity contribution in [3.05, 3.63) is 35.4 Å². The second-order valence-corrected chi connectivity index (χ2v) is 3.33. The normalized spacial score (nSPS) is 15.2. The summed E-state index contributed by atoms with van der Waals surface area (Å²) < 4.78 is 0. The minimum atomic E-state index is -0.0365. The maximum absolute atomic E-state index is 11.2. The number of hydrogen-bond donors (Lipinski definition) is 0. The molecule has 1 aliphatic heterocycles. The van der Waals surface area contributed by atoms with Crippen LogP contribution in [0.1, 0.15) is 11.1 Å². The first kappa shape index (κ1) is 8.87. The highest BCUT2D eigenvalue weighted by Gasteiger charge is 2.17. The molecule has 0 radical (unpaired) electrons. The smallest absolute Gasteiger partial charge is 0.267 e. The maximum Gasteiger partial charge on any atom is 0.267 e. The van der Waals surface area contributed by atoms with E-state index in [1.807, 2.05) is 31.2 Å². The van der Waals surface area contributed by atoms with Crippen LogP contribution in [-0.4, -0.2) is 17.5 Å². The molecule has 72 valence electrons. The predicted octanol–water partition coefficient (Wildman–Crippen LogP) is 1.70. The van der Waals surface area contributed by atoms with Gasteiger partial charge in [-0.15, -0.1) is 0 Å². The minimum Gasteiger partial charge on any atom is -0.271 e. The van der Waals surface area contributed by atoms with Crippen molar-refractivity contribution in [2.75, 3.05) is 6.54 Å². The van der Waals surface area contributed by atoms with Crippen LogP contribution in [-0.2, 0) is 11.3 Å². The molecule has 1 aromatic rings. The van der Waals surface area contributed by atoms with Crippen molar-refractivity contribution >= 4 is 5.91 Å². The van der Waals surface area contributed by atoms with E-state index in [2.05, 4.69) is 10.3 Å². The van der Waals surface area contributed by atoms with Gasteiger partial charge in [0, 0.05) is 0 Å². The van der Waals surface area contributed by atoms with E-state index < -0.39 is 0 Å². The van der Waals surface area contributed by atoms with Crippen molar-refractivity contribution in [2.24, 2.45) is 10.3 Å². The Morgan fingerprint density at radius 2 is 2.07 bits per heavy atom. The summed E-state index contributed by atoms with van der Waals surface area (Å²) in [6.45, 7) is 2.74. The number of nitrogens with zero attached hydrogens (tertiary/aromatic N) is 3. The van der Waals surface area contributed by atoms with Crippen molar-refractivity contribution in [2.45, 2.75) is 13.5 Å². The summed E-state index contributed by atoms with van der Waals surface area (Å²) in [6, 6.07) is 8.03. The second kappa shape index (κ2) is 3.57. The standard InChI is InChI=1S/C10H11N3O/c1-8-2-4-9(5-3-8)7-13-10(14)6-11-12-13/h2-5H,6-7H2,1H3. The highest BCUT2D eigenvalue weighted by Crippen LogP contribution is 2.10. The Bertz CT molecular complexity index is 369. The van der Waals surface area contributed by atoms with Gasteiger partial charge in [0.2, 0.25) is 0 Å². The molecule has 1 amide bonds. The maximum atomic E-state index is 11.2. The van der Waals surface area contributed by atoms with Gasteiger partial charge in [0.25, 0.3) is 5.91 Å². The molecule has 0 bridgehead atoms. The molecule has 0 spiro atoms. The molecule has 0 unspecified atom stereocenters. The minimum absolute atomic E-state index is 0.0365. The fourth-order valence-electron chi connectivity index (χ4n) is 1.29. The van der Waals surface area contributed by atoms with Gasteiger partial charge in [0.15, 0.2) is 0 Å². The van der Waals surface area contributed by atoms with Gasteiger partial charge in [-0.3, -0.25) is 4.79 Å². The number of carbonyl (C=O) groups excluding carboxylic acids is 1. The molecule has 0 saturated heterocycles. The number of amides is 1. The zero-order valence-electron chi connectivity index (χ0n) is 7.97. The average Bonchev–Trinajstić information content (AvgIpc) is 2.56. The lowest BCUT2D eigenvalue weighted by molar-refractivity contribution is -0.128. The highest BCUT2D eigenvalue weighted by molar-refractivity contribution is 5.79. The number of carbonyl (C=O) groups is 1. The van der Waals surface area contributed by atoms with Crippen molar-refractivity contribution in [3.8, 4) is 0 Å². The Kier molecular flexibility index (Phi) is 2.26. The lowest BCUT2D eigenvalue weighted by Crippen LogP contribution is -2.22. The van der Waals surface area contributed by atoms with Crippen LogP contribution in [0.3, 0.4) is 0 Å². The largest absolute Gasteiger partial charge is 0.271 e. The Hall–Kier alpha value is -1.71. The Balaban J connectivity index is 2.07. The highest BCUT2D eigenvalue weighted by atomic mass is 16.2. The SMILES string of the molecule is Cc1ccc(CN2N=NCC2=O)cc1. The lowest BCUT2D eigenvalue weighted by atomic mass is 10.1. The monoisotopic (exact) mass is 189 g/mol. The van der Waals surface area contributed by atoms with Gasteiger partial charge in [-0.05, 0) is 12.5 Å². The van der Waals surface area contributed by atoms with E-state index in [0.29, 0.717) is 6.54 Å². The zero-order valence-corrected chi connectivity index (χ0v) is 7.97. The molecular weight excluding hydrogens is 178 g/mol. The Labute approximate surface area is 82.2 Å². The van der Waals surface area contributed by atoms with Crippen molar-refractivity contribution in [1.29, 1.82) is 0 Å². The lowest BCUT2D eigenvalue weighted by Gasteiger charge is -2.09. The van der Waals surface area contributed by atoms with E-state index in [1.165, 1.54) is 10.6 Å². The topological polar surface area (TPSA) is 45.0 Å². The molecule has 0 N–H and O–H groups in total. The first-order chi connectivity index (χ1) is 6.75. The second-order valence-electron chi connectivity index (χ2n) is 3.33. The van der Waals surface area contributed by atoms with Gasteiger partial charge < -0.3 is 0 Å². The van der Waals surface area contributed by atoms with E-state index in [9.17, 15) is 4.79 Å². The molecule has 0 fully saturated rings. The number of rotatable bonds is 2. The Morgan fingerprint density at radius 1 is 1.36 bits per heavy atom. The molecule has 0 atom stereocenters. The van der Waals surface area contributed by atoms with E-state index in [0.717, 1.165) is 5.56 Å². The first-order valence-corrected chi connectivity index (χ1v) is 4.49. The summed E-state index contributed by atoms with van der Waals surface area (Å²) >= 11 is 0. The number of aryl methyl sites for hydroxylation is 1. The molecule has 4 nitrogen and oxygen atoms in total. The van der Waals surface area contributed by atoms with E-state index in [4.69, 9.17) is 0 Å². The van der Waals surface area contributed by atoms with Gasteiger partial charge in [-0.1, -0.05) is 35.1 Å². The molecule has 1 aromatic carbocycles. The van der Waals surface area contributed by atoms with Crippen molar-refractivity contribution < 1.29 is 4.79 Å². The fraction of sp³-hybridized carbons (Fsp3) is 0.300. The average molecular weight is 189 g/mol. The third kappa shape index (κ3) is 1.79.